The molecule has 0 aromatic heterocycles. The quantitative estimate of drug-likeness (QED) is 0.699. The van der Waals surface area contributed by atoms with Crippen molar-refractivity contribution in [2.45, 2.75) is 37.0 Å². The molecule has 2 aliphatic heterocycles. The Labute approximate surface area is 91.4 Å². The van der Waals surface area contributed by atoms with Crippen molar-refractivity contribution in [3.63, 3.8) is 0 Å². The second-order valence-corrected chi connectivity index (χ2v) is 5.35. The van der Waals surface area contributed by atoms with E-state index in [1.165, 1.54) is 32.4 Å². The molecule has 0 aromatic carbocycles. The van der Waals surface area contributed by atoms with Crippen molar-refractivity contribution in [1.29, 1.82) is 0 Å². The van der Waals surface area contributed by atoms with Gasteiger partial charge in [0.25, 0.3) is 0 Å². The SMILES string of the molecule is CCN1CCC(SC)C12CCOCC2. The van der Waals surface area contributed by atoms with Gasteiger partial charge >= 0.3 is 0 Å². The number of likely N-dealkylation sites (tertiary alicyclic amines) is 1. The van der Waals surface area contributed by atoms with E-state index in [4.69, 9.17) is 4.74 Å². The molecule has 2 nitrogen and oxygen atoms in total. The van der Waals surface area contributed by atoms with Crippen LogP contribution in [0.2, 0.25) is 0 Å². The van der Waals surface area contributed by atoms with E-state index in [9.17, 15) is 0 Å². The molecule has 0 aromatic rings. The first kappa shape index (κ1) is 10.8. The van der Waals surface area contributed by atoms with E-state index in [1.807, 2.05) is 0 Å². The van der Waals surface area contributed by atoms with Crippen molar-refractivity contribution in [2.24, 2.45) is 0 Å². The smallest absolute Gasteiger partial charge is 0.0484 e. The van der Waals surface area contributed by atoms with E-state index >= 15 is 0 Å². The zero-order chi connectivity index (χ0) is 10.0. The van der Waals surface area contributed by atoms with Crippen LogP contribution in [0.1, 0.15) is 26.2 Å². The minimum absolute atomic E-state index is 0.479. The lowest BCUT2D eigenvalue weighted by molar-refractivity contribution is -0.00367. The van der Waals surface area contributed by atoms with Crippen LogP contribution in [0.3, 0.4) is 0 Å². The Kier molecular flexibility index (Phi) is 3.40. The predicted octanol–water partition coefficient (Wildman–Crippen LogP) is 1.99. The van der Waals surface area contributed by atoms with Crippen molar-refractivity contribution in [3.8, 4) is 0 Å². The first-order chi connectivity index (χ1) is 6.83. The van der Waals surface area contributed by atoms with Crippen LogP contribution in [0.25, 0.3) is 0 Å². The summed E-state index contributed by atoms with van der Waals surface area (Å²) in [6.07, 6.45) is 6.12. The van der Waals surface area contributed by atoms with E-state index in [1.54, 1.807) is 0 Å². The van der Waals surface area contributed by atoms with E-state index < -0.39 is 0 Å². The number of hydrogen-bond acceptors (Lipinski definition) is 3. The standard InChI is InChI=1S/C11H21NOS/c1-3-12-7-4-10(14-2)11(12)5-8-13-9-6-11/h10H,3-9H2,1-2H3. The molecular weight excluding hydrogens is 194 g/mol. The summed E-state index contributed by atoms with van der Waals surface area (Å²) in [5.41, 5.74) is 0.479. The van der Waals surface area contributed by atoms with Crippen LogP contribution in [0.4, 0.5) is 0 Å². The maximum Gasteiger partial charge on any atom is 0.0484 e. The Balaban J connectivity index is 2.15. The van der Waals surface area contributed by atoms with Gasteiger partial charge in [0, 0.05) is 24.0 Å². The Morgan fingerprint density at radius 2 is 2.14 bits per heavy atom. The summed E-state index contributed by atoms with van der Waals surface area (Å²) in [5, 5.41) is 0.839. The Morgan fingerprint density at radius 1 is 1.43 bits per heavy atom. The van der Waals surface area contributed by atoms with Crippen LogP contribution in [0.15, 0.2) is 0 Å². The maximum atomic E-state index is 5.51. The molecular formula is C11H21NOS. The zero-order valence-corrected chi connectivity index (χ0v) is 10.1. The largest absolute Gasteiger partial charge is 0.381 e. The van der Waals surface area contributed by atoms with Crippen LogP contribution < -0.4 is 0 Å². The van der Waals surface area contributed by atoms with Crippen molar-refractivity contribution in [1.82, 2.24) is 4.90 Å². The Morgan fingerprint density at radius 3 is 2.71 bits per heavy atom. The summed E-state index contributed by atoms with van der Waals surface area (Å²) in [5.74, 6) is 0. The van der Waals surface area contributed by atoms with Gasteiger partial charge in [0.1, 0.15) is 0 Å². The second kappa shape index (κ2) is 4.42. The third-order valence-corrected chi connectivity index (χ3v) is 5.16. The lowest BCUT2D eigenvalue weighted by Crippen LogP contribution is -2.52. The zero-order valence-electron chi connectivity index (χ0n) is 9.29. The summed E-state index contributed by atoms with van der Waals surface area (Å²) in [7, 11) is 0. The highest BCUT2D eigenvalue weighted by atomic mass is 32.2. The van der Waals surface area contributed by atoms with Crippen molar-refractivity contribution < 1.29 is 4.74 Å². The Hall–Kier alpha value is 0.270. The van der Waals surface area contributed by atoms with Gasteiger partial charge in [-0.1, -0.05) is 6.92 Å². The van der Waals surface area contributed by atoms with Crippen LogP contribution in [0, 0.1) is 0 Å². The summed E-state index contributed by atoms with van der Waals surface area (Å²) in [6.45, 7) is 6.72. The van der Waals surface area contributed by atoms with Gasteiger partial charge in [0.15, 0.2) is 0 Å². The minimum Gasteiger partial charge on any atom is -0.381 e. The number of thioether (sulfide) groups is 1. The van der Waals surface area contributed by atoms with Gasteiger partial charge in [0.2, 0.25) is 0 Å². The fourth-order valence-electron chi connectivity index (χ4n) is 3.14. The van der Waals surface area contributed by atoms with E-state index in [-0.39, 0.29) is 0 Å². The molecule has 0 saturated carbocycles. The van der Waals surface area contributed by atoms with Gasteiger partial charge in [-0.25, -0.2) is 0 Å². The summed E-state index contributed by atoms with van der Waals surface area (Å²) < 4.78 is 5.51. The lowest BCUT2D eigenvalue weighted by atomic mass is 9.87. The molecule has 14 heavy (non-hydrogen) atoms. The van der Waals surface area contributed by atoms with Crippen molar-refractivity contribution in [3.05, 3.63) is 0 Å². The topological polar surface area (TPSA) is 12.5 Å². The van der Waals surface area contributed by atoms with Crippen LogP contribution in [0.5, 0.6) is 0 Å². The van der Waals surface area contributed by atoms with E-state index in [0.29, 0.717) is 5.54 Å². The molecule has 1 unspecified atom stereocenters. The van der Waals surface area contributed by atoms with Gasteiger partial charge in [-0.3, -0.25) is 4.90 Å². The van der Waals surface area contributed by atoms with E-state index in [2.05, 4.69) is 29.8 Å². The van der Waals surface area contributed by atoms with Gasteiger partial charge in [-0.05, 0) is 38.6 Å². The average molecular weight is 215 g/mol. The summed E-state index contributed by atoms with van der Waals surface area (Å²) in [6, 6.07) is 0. The molecule has 3 heteroatoms. The molecule has 2 aliphatic rings. The molecule has 82 valence electrons. The number of rotatable bonds is 2. The van der Waals surface area contributed by atoms with Crippen LogP contribution in [-0.4, -0.2) is 48.2 Å². The molecule has 0 bridgehead atoms. The number of ether oxygens (including phenoxy) is 1. The summed E-state index contributed by atoms with van der Waals surface area (Å²) >= 11 is 2.06. The molecule has 0 N–H and O–H groups in total. The fraction of sp³-hybridized carbons (Fsp3) is 1.00. The predicted molar refractivity (Wildman–Crippen MR) is 62.0 cm³/mol. The molecule has 1 atom stereocenters. The van der Waals surface area contributed by atoms with Gasteiger partial charge in [0.05, 0.1) is 0 Å². The molecule has 2 heterocycles. The average Bonchev–Trinajstić information content (AvgIpc) is 2.57. The molecule has 0 aliphatic carbocycles. The normalized spacial score (nSPS) is 32.6. The van der Waals surface area contributed by atoms with Crippen LogP contribution >= 0.6 is 11.8 Å². The number of hydrogen-bond donors (Lipinski definition) is 0. The summed E-state index contributed by atoms with van der Waals surface area (Å²) in [4.78, 5) is 2.69. The lowest BCUT2D eigenvalue weighted by Gasteiger charge is -2.44. The van der Waals surface area contributed by atoms with Gasteiger partial charge in [-0.15, -0.1) is 0 Å². The molecule has 1 spiro atoms. The minimum atomic E-state index is 0.479. The molecule has 0 radical (unpaired) electrons. The molecule has 2 fully saturated rings. The monoisotopic (exact) mass is 215 g/mol. The van der Waals surface area contributed by atoms with Crippen molar-refractivity contribution >= 4 is 11.8 Å². The number of nitrogens with zero attached hydrogens (tertiary/aromatic N) is 1. The maximum absolute atomic E-state index is 5.51. The van der Waals surface area contributed by atoms with E-state index in [0.717, 1.165) is 18.5 Å². The second-order valence-electron chi connectivity index (χ2n) is 4.31. The van der Waals surface area contributed by atoms with Gasteiger partial charge < -0.3 is 4.74 Å². The Bertz CT molecular complexity index is 178. The van der Waals surface area contributed by atoms with Crippen molar-refractivity contribution in [2.75, 3.05) is 32.6 Å². The highest BCUT2D eigenvalue weighted by molar-refractivity contribution is 7.99. The van der Waals surface area contributed by atoms with Gasteiger partial charge in [-0.2, -0.15) is 11.8 Å². The highest BCUT2D eigenvalue weighted by Gasteiger charge is 2.48. The van der Waals surface area contributed by atoms with Crippen LogP contribution in [-0.2, 0) is 4.74 Å². The highest BCUT2D eigenvalue weighted by Crippen LogP contribution is 2.43. The fourth-order valence-corrected chi connectivity index (χ4v) is 4.31. The molecule has 2 rings (SSSR count). The first-order valence-electron chi connectivity index (χ1n) is 5.69. The molecule has 0 amide bonds. The molecule has 2 saturated heterocycles. The third kappa shape index (κ3) is 1.59. The third-order valence-electron chi connectivity index (χ3n) is 3.92. The first-order valence-corrected chi connectivity index (χ1v) is 6.98.